The van der Waals surface area contributed by atoms with Gasteiger partial charge < -0.3 is 19.8 Å². The van der Waals surface area contributed by atoms with Crippen LogP contribution in [0, 0.1) is 5.41 Å². The molecule has 0 radical (unpaired) electrons. The molecular formula is C25H28N6O3. The number of benzene rings is 2. The van der Waals surface area contributed by atoms with Gasteiger partial charge in [0.1, 0.15) is 28.5 Å². The molecule has 34 heavy (non-hydrogen) atoms. The molecule has 9 heteroatoms. The number of fused-ring (bicyclic) bond motifs is 1. The zero-order valence-corrected chi connectivity index (χ0v) is 19.5. The van der Waals surface area contributed by atoms with Crippen molar-refractivity contribution >= 4 is 17.0 Å². The van der Waals surface area contributed by atoms with Gasteiger partial charge in [0.15, 0.2) is 11.5 Å². The van der Waals surface area contributed by atoms with Crippen molar-refractivity contribution in [2.24, 2.45) is 0 Å². The second-order valence-electron chi connectivity index (χ2n) is 7.64. The first-order valence-corrected chi connectivity index (χ1v) is 11.3. The maximum Gasteiger partial charge on any atom is 0.332 e. The Morgan fingerprint density at radius 1 is 1.12 bits per heavy atom. The molecule has 0 aliphatic rings. The highest BCUT2D eigenvalue weighted by molar-refractivity contribution is 6.04. The minimum absolute atomic E-state index is 0.126. The van der Waals surface area contributed by atoms with E-state index in [9.17, 15) is 4.79 Å². The van der Waals surface area contributed by atoms with Gasteiger partial charge in [-0.3, -0.25) is 5.41 Å². The maximum absolute atomic E-state index is 13.1. The highest BCUT2D eigenvalue weighted by Gasteiger charge is 2.21. The lowest BCUT2D eigenvalue weighted by molar-refractivity contribution is 0.340. The van der Waals surface area contributed by atoms with Crippen molar-refractivity contribution in [3.8, 4) is 28.6 Å². The quantitative estimate of drug-likeness (QED) is 0.198. The molecule has 0 amide bonds. The summed E-state index contributed by atoms with van der Waals surface area (Å²) < 4.78 is 12.5. The molecule has 0 saturated carbocycles. The van der Waals surface area contributed by atoms with Gasteiger partial charge in [-0.25, -0.2) is 19.3 Å². The van der Waals surface area contributed by atoms with Crippen molar-refractivity contribution < 1.29 is 9.47 Å². The second-order valence-corrected chi connectivity index (χ2v) is 7.64. The van der Waals surface area contributed by atoms with Gasteiger partial charge in [-0.1, -0.05) is 25.5 Å². The first-order chi connectivity index (χ1) is 16.6. The highest BCUT2D eigenvalue weighted by Crippen LogP contribution is 2.27. The smallest absolute Gasteiger partial charge is 0.332 e. The number of nitrogens with zero attached hydrogens (tertiary/aromatic N) is 3. The summed E-state index contributed by atoms with van der Waals surface area (Å²) >= 11 is 0. The Bertz CT molecular complexity index is 1360. The van der Waals surface area contributed by atoms with Crippen molar-refractivity contribution in [3.05, 3.63) is 64.7 Å². The number of ether oxygens (including phenoxy) is 2. The fourth-order valence-electron chi connectivity index (χ4n) is 3.67. The molecule has 176 valence electrons. The molecule has 9 nitrogen and oxygen atoms in total. The van der Waals surface area contributed by atoms with E-state index in [0.29, 0.717) is 47.3 Å². The topological polar surface area (TPSA) is 118 Å². The summed E-state index contributed by atoms with van der Waals surface area (Å²) in [5.41, 5.74) is 1.99. The average Bonchev–Trinajstić information content (AvgIpc) is 3.19. The molecule has 0 spiro atoms. The Morgan fingerprint density at radius 3 is 2.59 bits per heavy atom. The minimum Gasteiger partial charge on any atom is -0.495 e. The van der Waals surface area contributed by atoms with Crippen LogP contribution in [-0.2, 0) is 0 Å². The van der Waals surface area contributed by atoms with Crippen LogP contribution in [0.4, 0.5) is 0 Å². The number of H-pyrrole nitrogens is 1. The number of amidine groups is 1. The molecule has 2 aromatic carbocycles. The molecule has 2 heterocycles. The standard InChI is InChI=1S/C25H28N6O3/c1-4-6-15-27-22(26)20-21-24(30-23(28-20)16-11-13-17(14-12-16)34-5-2)31(25(32)29-21)18-9-7-8-10-19(18)33-3/h7-14H,4-6,15H2,1-3H3,(H2,26,27)(H,29,32). The zero-order valence-electron chi connectivity index (χ0n) is 19.5. The second kappa shape index (κ2) is 10.2. The summed E-state index contributed by atoms with van der Waals surface area (Å²) in [6, 6.07) is 14.7. The van der Waals surface area contributed by atoms with Crippen LogP contribution in [0.25, 0.3) is 28.2 Å². The first kappa shape index (κ1) is 23.0. The van der Waals surface area contributed by atoms with E-state index in [4.69, 9.17) is 19.9 Å². The van der Waals surface area contributed by atoms with Crippen molar-refractivity contribution in [2.75, 3.05) is 20.3 Å². The number of unbranched alkanes of at least 4 members (excludes halogenated alkanes) is 1. The molecule has 0 unspecified atom stereocenters. The van der Waals surface area contributed by atoms with Gasteiger partial charge in [-0.05, 0) is 49.7 Å². The summed E-state index contributed by atoms with van der Waals surface area (Å²) in [5.74, 6) is 1.80. The Balaban J connectivity index is 1.92. The van der Waals surface area contributed by atoms with Crippen LogP contribution >= 0.6 is 0 Å². The van der Waals surface area contributed by atoms with Crippen LogP contribution in [0.5, 0.6) is 11.5 Å². The lowest BCUT2D eigenvalue weighted by Crippen LogP contribution is -2.26. The van der Waals surface area contributed by atoms with Crippen LogP contribution in [0.15, 0.2) is 53.3 Å². The lowest BCUT2D eigenvalue weighted by Gasteiger charge is -2.12. The molecule has 0 saturated heterocycles. The fraction of sp³-hybridized carbons (Fsp3) is 0.280. The minimum atomic E-state index is -0.389. The number of nitrogens with one attached hydrogen (secondary N) is 3. The summed E-state index contributed by atoms with van der Waals surface area (Å²) in [7, 11) is 1.55. The predicted octanol–water partition coefficient (Wildman–Crippen LogP) is 3.90. The third kappa shape index (κ3) is 4.50. The Labute approximate surface area is 197 Å². The van der Waals surface area contributed by atoms with Crippen LogP contribution in [0.1, 0.15) is 32.4 Å². The molecule has 0 aliphatic carbocycles. The largest absolute Gasteiger partial charge is 0.495 e. The average molecular weight is 461 g/mol. The Morgan fingerprint density at radius 2 is 1.88 bits per heavy atom. The summed E-state index contributed by atoms with van der Waals surface area (Å²) in [6.45, 7) is 5.22. The number of para-hydroxylation sites is 2. The number of methoxy groups -OCH3 is 1. The van der Waals surface area contributed by atoms with Crippen molar-refractivity contribution in [2.45, 2.75) is 26.7 Å². The molecule has 0 atom stereocenters. The van der Waals surface area contributed by atoms with E-state index in [1.165, 1.54) is 4.57 Å². The fourth-order valence-corrected chi connectivity index (χ4v) is 3.67. The van der Waals surface area contributed by atoms with E-state index in [2.05, 4.69) is 22.2 Å². The first-order valence-electron chi connectivity index (χ1n) is 11.3. The van der Waals surface area contributed by atoms with E-state index < -0.39 is 0 Å². The van der Waals surface area contributed by atoms with Crippen LogP contribution in [0.2, 0.25) is 0 Å². The number of rotatable bonds is 9. The summed E-state index contributed by atoms with van der Waals surface area (Å²) in [5, 5.41) is 11.7. The van der Waals surface area contributed by atoms with E-state index >= 15 is 0 Å². The molecule has 4 rings (SSSR count). The van der Waals surface area contributed by atoms with Crippen LogP contribution in [0.3, 0.4) is 0 Å². The van der Waals surface area contributed by atoms with Gasteiger partial charge >= 0.3 is 5.69 Å². The van der Waals surface area contributed by atoms with Gasteiger partial charge in [0.2, 0.25) is 0 Å². The number of imidazole rings is 1. The van der Waals surface area contributed by atoms with E-state index in [-0.39, 0.29) is 11.5 Å². The third-order valence-electron chi connectivity index (χ3n) is 5.36. The summed E-state index contributed by atoms with van der Waals surface area (Å²) in [6.07, 6.45) is 1.92. The van der Waals surface area contributed by atoms with Gasteiger partial charge in [0.05, 0.1) is 19.4 Å². The normalized spacial score (nSPS) is 10.9. The monoisotopic (exact) mass is 460 g/mol. The predicted molar refractivity (Wildman–Crippen MR) is 132 cm³/mol. The van der Waals surface area contributed by atoms with E-state index in [1.807, 2.05) is 43.3 Å². The van der Waals surface area contributed by atoms with Crippen LogP contribution < -0.4 is 20.5 Å². The Kier molecular flexibility index (Phi) is 6.91. The van der Waals surface area contributed by atoms with Crippen molar-refractivity contribution in [1.82, 2.24) is 24.8 Å². The third-order valence-corrected chi connectivity index (χ3v) is 5.36. The SMILES string of the molecule is CCCCNC(=N)c1nc(-c2ccc(OCC)cc2)nc2c1[nH]c(=O)n2-c1ccccc1OC. The highest BCUT2D eigenvalue weighted by atomic mass is 16.5. The van der Waals surface area contributed by atoms with Gasteiger partial charge in [0.25, 0.3) is 0 Å². The van der Waals surface area contributed by atoms with E-state index in [1.54, 1.807) is 19.2 Å². The molecule has 3 N–H and O–H groups in total. The lowest BCUT2D eigenvalue weighted by atomic mass is 10.2. The number of hydrogen-bond acceptors (Lipinski definition) is 6. The number of hydrogen-bond donors (Lipinski definition) is 3. The van der Waals surface area contributed by atoms with Crippen molar-refractivity contribution in [1.29, 1.82) is 5.41 Å². The molecule has 0 aliphatic heterocycles. The number of aromatic amines is 1. The van der Waals surface area contributed by atoms with E-state index in [0.717, 1.165) is 24.2 Å². The van der Waals surface area contributed by atoms with Gasteiger partial charge in [0, 0.05) is 12.1 Å². The molecule has 0 fully saturated rings. The van der Waals surface area contributed by atoms with Gasteiger partial charge in [-0.2, -0.15) is 0 Å². The van der Waals surface area contributed by atoms with Gasteiger partial charge in [-0.15, -0.1) is 0 Å². The summed E-state index contributed by atoms with van der Waals surface area (Å²) in [4.78, 5) is 25.3. The molecule has 2 aromatic heterocycles. The Hall–Kier alpha value is -4.14. The number of aromatic nitrogens is 4. The molecule has 0 bridgehead atoms. The van der Waals surface area contributed by atoms with Crippen molar-refractivity contribution in [3.63, 3.8) is 0 Å². The van der Waals surface area contributed by atoms with Crippen LogP contribution in [-0.4, -0.2) is 45.6 Å². The molecule has 4 aromatic rings. The zero-order chi connectivity index (χ0) is 24.1. The maximum atomic E-state index is 13.1. The molecular weight excluding hydrogens is 432 g/mol.